The molecule has 1 aliphatic rings. The molecule has 0 spiro atoms. The van der Waals surface area contributed by atoms with Crippen LogP contribution < -0.4 is 5.32 Å². The first-order valence-corrected chi connectivity index (χ1v) is 6.27. The minimum Gasteiger partial charge on any atom is -0.508 e. The number of rotatable bonds is 4. The van der Waals surface area contributed by atoms with Crippen molar-refractivity contribution in [3.05, 3.63) is 29.8 Å². The summed E-state index contributed by atoms with van der Waals surface area (Å²) in [5.74, 6) is 1.23. The van der Waals surface area contributed by atoms with Crippen LogP contribution in [0.4, 0.5) is 0 Å². The van der Waals surface area contributed by atoms with Crippen molar-refractivity contribution < 1.29 is 5.11 Å². The molecule has 0 radical (unpaired) electrons. The third kappa shape index (κ3) is 2.76. The lowest BCUT2D eigenvalue weighted by atomic mass is 10.1. The predicted octanol–water partition coefficient (Wildman–Crippen LogP) is 2.71. The number of phenolic OH excluding ortho intramolecular Hbond substituents is 1. The van der Waals surface area contributed by atoms with Crippen molar-refractivity contribution in [1.29, 1.82) is 0 Å². The Labute approximate surface area is 97.7 Å². The van der Waals surface area contributed by atoms with Gasteiger partial charge in [0.1, 0.15) is 5.75 Å². The van der Waals surface area contributed by atoms with E-state index in [-0.39, 0.29) is 0 Å². The van der Waals surface area contributed by atoms with E-state index < -0.39 is 0 Å². The Morgan fingerprint density at radius 3 is 2.81 bits per heavy atom. The Kier molecular flexibility index (Phi) is 3.83. The highest BCUT2D eigenvalue weighted by Crippen LogP contribution is 2.24. The van der Waals surface area contributed by atoms with Gasteiger partial charge in [0.2, 0.25) is 0 Å². The van der Waals surface area contributed by atoms with Crippen LogP contribution >= 0.6 is 0 Å². The highest BCUT2D eigenvalue weighted by atomic mass is 16.3. The topological polar surface area (TPSA) is 32.3 Å². The zero-order valence-electron chi connectivity index (χ0n) is 9.95. The molecule has 1 aliphatic carbocycles. The number of aromatic hydroxyl groups is 1. The monoisotopic (exact) mass is 219 g/mol. The van der Waals surface area contributed by atoms with Gasteiger partial charge in [-0.05, 0) is 43.4 Å². The lowest BCUT2D eigenvalue weighted by molar-refractivity contribution is 0.425. The molecule has 2 unspecified atom stereocenters. The number of phenols is 1. The number of hydrogen-bond donors (Lipinski definition) is 2. The Balaban J connectivity index is 1.78. The maximum atomic E-state index is 9.63. The van der Waals surface area contributed by atoms with Crippen molar-refractivity contribution in [3.8, 4) is 5.75 Å². The normalized spacial score (nSPS) is 24.8. The van der Waals surface area contributed by atoms with Crippen LogP contribution in [0, 0.1) is 5.92 Å². The van der Waals surface area contributed by atoms with E-state index in [9.17, 15) is 5.11 Å². The molecule has 0 aliphatic heterocycles. The number of hydrogen-bond acceptors (Lipinski definition) is 2. The summed E-state index contributed by atoms with van der Waals surface area (Å²) >= 11 is 0. The molecule has 1 aromatic carbocycles. The molecule has 1 fully saturated rings. The molecule has 0 bridgehead atoms. The largest absolute Gasteiger partial charge is 0.508 e. The molecule has 1 saturated carbocycles. The van der Waals surface area contributed by atoms with Gasteiger partial charge < -0.3 is 10.4 Å². The molecule has 88 valence electrons. The Morgan fingerprint density at radius 1 is 1.31 bits per heavy atom. The van der Waals surface area contributed by atoms with E-state index in [1.165, 1.54) is 19.3 Å². The second-order valence-electron chi connectivity index (χ2n) is 4.85. The first-order chi connectivity index (χ1) is 7.77. The van der Waals surface area contributed by atoms with E-state index in [0.29, 0.717) is 11.8 Å². The van der Waals surface area contributed by atoms with Crippen molar-refractivity contribution in [3.63, 3.8) is 0 Å². The fourth-order valence-electron chi connectivity index (χ4n) is 2.56. The number of para-hydroxylation sites is 1. The minimum atomic E-state index is 0.420. The molecule has 0 heterocycles. The molecule has 2 nitrogen and oxygen atoms in total. The maximum absolute atomic E-state index is 9.63. The lowest BCUT2D eigenvalue weighted by Gasteiger charge is -2.17. The molecule has 0 aromatic heterocycles. The second-order valence-corrected chi connectivity index (χ2v) is 4.85. The zero-order chi connectivity index (χ0) is 11.4. The van der Waals surface area contributed by atoms with E-state index >= 15 is 0 Å². The third-order valence-corrected chi connectivity index (χ3v) is 3.65. The maximum Gasteiger partial charge on any atom is 0.118 e. The smallest absolute Gasteiger partial charge is 0.118 e. The molecule has 2 rings (SSSR count). The first kappa shape index (κ1) is 11.5. The molecular weight excluding hydrogens is 198 g/mol. The molecule has 0 amide bonds. The summed E-state index contributed by atoms with van der Waals surface area (Å²) in [5.41, 5.74) is 1.04. The SMILES string of the molecule is CC1CCCC1NCCc1ccccc1O. The van der Waals surface area contributed by atoms with Gasteiger partial charge in [-0.25, -0.2) is 0 Å². The van der Waals surface area contributed by atoms with Crippen LogP contribution in [0.5, 0.6) is 5.75 Å². The van der Waals surface area contributed by atoms with Gasteiger partial charge in [-0.1, -0.05) is 31.5 Å². The van der Waals surface area contributed by atoms with Crippen LogP contribution in [0.25, 0.3) is 0 Å². The Hall–Kier alpha value is -1.02. The van der Waals surface area contributed by atoms with Gasteiger partial charge in [0.25, 0.3) is 0 Å². The quantitative estimate of drug-likeness (QED) is 0.816. The highest BCUT2D eigenvalue weighted by Gasteiger charge is 2.22. The summed E-state index contributed by atoms with van der Waals surface area (Å²) in [6.45, 7) is 3.29. The van der Waals surface area contributed by atoms with Gasteiger partial charge in [0.05, 0.1) is 0 Å². The lowest BCUT2D eigenvalue weighted by Crippen LogP contribution is -2.32. The van der Waals surface area contributed by atoms with Gasteiger partial charge >= 0.3 is 0 Å². The van der Waals surface area contributed by atoms with Gasteiger partial charge in [0, 0.05) is 6.04 Å². The predicted molar refractivity (Wildman–Crippen MR) is 66.6 cm³/mol. The molecule has 16 heavy (non-hydrogen) atoms. The summed E-state index contributed by atoms with van der Waals surface area (Å²) in [4.78, 5) is 0. The summed E-state index contributed by atoms with van der Waals surface area (Å²) in [5, 5.41) is 13.2. The summed E-state index contributed by atoms with van der Waals surface area (Å²) < 4.78 is 0. The van der Waals surface area contributed by atoms with Crippen LogP contribution in [-0.4, -0.2) is 17.7 Å². The van der Waals surface area contributed by atoms with Gasteiger partial charge in [-0.3, -0.25) is 0 Å². The summed E-state index contributed by atoms with van der Waals surface area (Å²) in [6.07, 6.45) is 4.93. The van der Waals surface area contributed by atoms with Crippen LogP contribution in [0.3, 0.4) is 0 Å². The van der Waals surface area contributed by atoms with Crippen LogP contribution in [0.2, 0.25) is 0 Å². The third-order valence-electron chi connectivity index (χ3n) is 3.65. The highest BCUT2D eigenvalue weighted by molar-refractivity contribution is 5.31. The second kappa shape index (κ2) is 5.35. The molecule has 2 N–H and O–H groups in total. The average Bonchev–Trinajstić information content (AvgIpc) is 2.67. The summed E-state index contributed by atoms with van der Waals surface area (Å²) in [6, 6.07) is 8.28. The fourth-order valence-corrected chi connectivity index (χ4v) is 2.56. The fraction of sp³-hybridized carbons (Fsp3) is 0.571. The van der Waals surface area contributed by atoms with E-state index in [2.05, 4.69) is 12.2 Å². The standard InChI is InChI=1S/C14H21NO/c1-11-5-4-7-13(11)15-10-9-12-6-2-3-8-14(12)16/h2-3,6,8,11,13,15-16H,4-5,7,9-10H2,1H3. The van der Waals surface area contributed by atoms with Crippen molar-refractivity contribution >= 4 is 0 Å². The number of nitrogens with one attached hydrogen (secondary N) is 1. The van der Waals surface area contributed by atoms with E-state index in [1.807, 2.05) is 18.2 Å². The van der Waals surface area contributed by atoms with Crippen LogP contribution in [-0.2, 0) is 6.42 Å². The minimum absolute atomic E-state index is 0.420. The van der Waals surface area contributed by atoms with Crippen molar-refractivity contribution in [1.82, 2.24) is 5.32 Å². The van der Waals surface area contributed by atoms with Gasteiger partial charge in [-0.15, -0.1) is 0 Å². The average molecular weight is 219 g/mol. The van der Waals surface area contributed by atoms with Gasteiger partial charge in [-0.2, -0.15) is 0 Å². The number of benzene rings is 1. The molecular formula is C14H21NO. The van der Waals surface area contributed by atoms with E-state index in [0.717, 1.165) is 24.4 Å². The molecule has 2 atom stereocenters. The zero-order valence-corrected chi connectivity index (χ0v) is 9.95. The molecule has 0 saturated heterocycles. The first-order valence-electron chi connectivity index (χ1n) is 6.27. The van der Waals surface area contributed by atoms with Crippen molar-refractivity contribution in [2.24, 2.45) is 5.92 Å². The molecule has 2 heteroatoms. The van der Waals surface area contributed by atoms with E-state index in [4.69, 9.17) is 0 Å². The Morgan fingerprint density at radius 2 is 2.12 bits per heavy atom. The van der Waals surface area contributed by atoms with Crippen molar-refractivity contribution in [2.75, 3.05) is 6.54 Å². The Bertz CT molecular complexity index is 337. The molecule has 1 aromatic rings. The van der Waals surface area contributed by atoms with Crippen LogP contribution in [0.1, 0.15) is 31.7 Å². The van der Waals surface area contributed by atoms with Crippen molar-refractivity contribution in [2.45, 2.75) is 38.6 Å². The summed E-state index contributed by atoms with van der Waals surface area (Å²) in [7, 11) is 0. The van der Waals surface area contributed by atoms with Crippen LogP contribution in [0.15, 0.2) is 24.3 Å². The van der Waals surface area contributed by atoms with Gasteiger partial charge in [0.15, 0.2) is 0 Å². The van der Waals surface area contributed by atoms with E-state index in [1.54, 1.807) is 6.07 Å².